The topological polar surface area (TPSA) is 46.3 Å². The smallest absolute Gasteiger partial charge is 0.196 e. The third-order valence-corrected chi connectivity index (χ3v) is 3.40. The highest BCUT2D eigenvalue weighted by atomic mass is 35.5. The minimum Gasteiger partial charge on any atom is -0.467 e. The molecule has 0 aliphatic carbocycles. The van der Waals surface area contributed by atoms with Crippen molar-refractivity contribution in [2.75, 3.05) is 17.8 Å². The van der Waals surface area contributed by atoms with Gasteiger partial charge in [0.05, 0.1) is 18.7 Å². The minimum absolute atomic E-state index is 0.0366. The van der Waals surface area contributed by atoms with Crippen LogP contribution in [0.2, 0.25) is 0 Å². The van der Waals surface area contributed by atoms with Gasteiger partial charge >= 0.3 is 0 Å². The summed E-state index contributed by atoms with van der Waals surface area (Å²) in [7, 11) is 1.90. The number of halogens is 1. The van der Waals surface area contributed by atoms with E-state index in [1.807, 2.05) is 24.1 Å². The summed E-state index contributed by atoms with van der Waals surface area (Å²) in [5.41, 5.74) is 0.422. The first-order valence-electron chi connectivity index (χ1n) is 4.99. The molecule has 6 heteroatoms. The number of ketones is 1. The molecule has 2 rings (SSSR count). The van der Waals surface area contributed by atoms with E-state index in [9.17, 15) is 4.79 Å². The summed E-state index contributed by atoms with van der Waals surface area (Å²) < 4.78 is 5.25. The van der Waals surface area contributed by atoms with Crippen molar-refractivity contribution in [3.63, 3.8) is 0 Å². The normalized spacial score (nSPS) is 10.5. The number of Topliss-reactive ketones (excluding diaryl/α,β-unsaturated/α-hetero) is 1. The van der Waals surface area contributed by atoms with Gasteiger partial charge in [-0.3, -0.25) is 4.79 Å². The van der Waals surface area contributed by atoms with Crippen LogP contribution in [-0.4, -0.2) is 23.7 Å². The van der Waals surface area contributed by atoms with Gasteiger partial charge in [-0.25, -0.2) is 4.98 Å². The van der Waals surface area contributed by atoms with Crippen molar-refractivity contribution in [3.8, 4) is 0 Å². The van der Waals surface area contributed by atoms with Gasteiger partial charge in [0.15, 0.2) is 10.9 Å². The number of alkyl halides is 1. The standard InChI is InChI=1S/C11H11ClN2O2S/c1-14(6-8-3-2-4-16-8)11-13-9(7-17-11)10(15)5-12/h2-4,7H,5-6H2,1H3. The fourth-order valence-electron chi connectivity index (χ4n) is 1.34. The van der Waals surface area contributed by atoms with E-state index >= 15 is 0 Å². The van der Waals surface area contributed by atoms with Crippen LogP contribution < -0.4 is 4.90 Å². The molecule has 2 heterocycles. The maximum atomic E-state index is 11.3. The van der Waals surface area contributed by atoms with Gasteiger partial charge in [-0.05, 0) is 12.1 Å². The van der Waals surface area contributed by atoms with Crippen LogP contribution in [0.4, 0.5) is 5.13 Å². The predicted octanol–water partition coefficient (Wildman–Crippen LogP) is 2.79. The highest BCUT2D eigenvalue weighted by molar-refractivity contribution is 7.13. The lowest BCUT2D eigenvalue weighted by molar-refractivity contribution is 0.101. The van der Waals surface area contributed by atoms with Crippen LogP contribution >= 0.6 is 22.9 Å². The zero-order valence-electron chi connectivity index (χ0n) is 9.22. The van der Waals surface area contributed by atoms with E-state index < -0.39 is 0 Å². The van der Waals surface area contributed by atoms with Crippen LogP contribution in [-0.2, 0) is 6.54 Å². The Hall–Kier alpha value is -1.33. The number of carbonyl (C=O) groups is 1. The number of rotatable bonds is 5. The first-order valence-corrected chi connectivity index (χ1v) is 6.40. The predicted molar refractivity (Wildman–Crippen MR) is 68.0 cm³/mol. The molecular formula is C11H11ClN2O2S. The average Bonchev–Trinajstić information content (AvgIpc) is 2.98. The Morgan fingerprint density at radius 3 is 3.12 bits per heavy atom. The van der Waals surface area contributed by atoms with Gasteiger partial charge in [-0.1, -0.05) is 0 Å². The monoisotopic (exact) mass is 270 g/mol. The van der Waals surface area contributed by atoms with Crippen molar-refractivity contribution >= 4 is 33.9 Å². The van der Waals surface area contributed by atoms with Crippen LogP contribution in [0.3, 0.4) is 0 Å². The zero-order valence-corrected chi connectivity index (χ0v) is 10.8. The second-order valence-corrected chi connectivity index (χ2v) is 4.61. The Kier molecular flexibility index (Phi) is 3.81. The highest BCUT2D eigenvalue weighted by Crippen LogP contribution is 2.21. The second kappa shape index (κ2) is 5.33. The third kappa shape index (κ3) is 2.87. The van der Waals surface area contributed by atoms with E-state index in [1.165, 1.54) is 11.3 Å². The molecule has 0 bridgehead atoms. The minimum atomic E-state index is -0.152. The van der Waals surface area contributed by atoms with Gasteiger partial charge < -0.3 is 9.32 Å². The molecule has 17 heavy (non-hydrogen) atoms. The summed E-state index contributed by atoms with van der Waals surface area (Å²) in [6, 6.07) is 3.74. The molecule has 0 fully saturated rings. The van der Waals surface area contributed by atoms with Gasteiger partial charge in [-0.2, -0.15) is 0 Å². The molecule has 0 saturated carbocycles. The maximum Gasteiger partial charge on any atom is 0.196 e. The van der Waals surface area contributed by atoms with E-state index in [4.69, 9.17) is 16.0 Å². The lowest BCUT2D eigenvalue weighted by atomic mass is 10.3. The molecule has 0 aromatic carbocycles. The Bertz CT molecular complexity index is 495. The van der Waals surface area contributed by atoms with E-state index in [1.54, 1.807) is 11.6 Å². The summed E-state index contributed by atoms with van der Waals surface area (Å²) in [4.78, 5) is 17.5. The molecular weight excluding hydrogens is 260 g/mol. The number of nitrogens with zero attached hydrogens (tertiary/aromatic N) is 2. The van der Waals surface area contributed by atoms with Crippen LogP contribution in [0.25, 0.3) is 0 Å². The molecule has 2 aromatic heterocycles. The largest absolute Gasteiger partial charge is 0.467 e. The number of hydrogen-bond donors (Lipinski definition) is 0. The van der Waals surface area contributed by atoms with Crippen LogP contribution in [0, 0.1) is 0 Å². The van der Waals surface area contributed by atoms with Gasteiger partial charge in [0.2, 0.25) is 0 Å². The van der Waals surface area contributed by atoms with Crippen molar-refractivity contribution in [2.45, 2.75) is 6.54 Å². The second-order valence-electron chi connectivity index (χ2n) is 3.51. The number of hydrogen-bond acceptors (Lipinski definition) is 5. The van der Waals surface area contributed by atoms with E-state index in [0.29, 0.717) is 12.2 Å². The number of furan rings is 1. The van der Waals surface area contributed by atoms with Crippen molar-refractivity contribution in [1.82, 2.24) is 4.98 Å². The van der Waals surface area contributed by atoms with Crippen molar-refractivity contribution < 1.29 is 9.21 Å². The Morgan fingerprint density at radius 2 is 2.47 bits per heavy atom. The SMILES string of the molecule is CN(Cc1ccco1)c1nc(C(=O)CCl)cs1. The summed E-state index contributed by atoms with van der Waals surface area (Å²) in [5.74, 6) is 0.666. The van der Waals surface area contributed by atoms with E-state index in [0.717, 1.165) is 10.9 Å². The number of aromatic nitrogens is 1. The van der Waals surface area contributed by atoms with Crippen molar-refractivity contribution in [3.05, 3.63) is 35.2 Å². The Labute approximate surface area is 108 Å². The maximum absolute atomic E-state index is 11.3. The van der Waals surface area contributed by atoms with Gasteiger partial charge in [0.25, 0.3) is 0 Å². The van der Waals surface area contributed by atoms with Gasteiger partial charge in [0.1, 0.15) is 11.5 Å². The Balaban J connectivity index is 2.07. The average molecular weight is 271 g/mol. The van der Waals surface area contributed by atoms with E-state index in [2.05, 4.69) is 4.98 Å². The van der Waals surface area contributed by atoms with Crippen LogP contribution in [0.15, 0.2) is 28.2 Å². The molecule has 0 radical (unpaired) electrons. The first-order chi connectivity index (χ1) is 8.20. The molecule has 0 amide bonds. The fourth-order valence-corrected chi connectivity index (χ4v) is 2.27. The number of thiazole rings is 1. The molecule has 0 atom stereocenters. The molecule has 0 saturated heterocycles. The molecule has 0 unspecified atom stereocenters. The molecule has 0 N–H and O–H groups in total. The zero-order chi connectivity index (χ0) is 12.3. The number of anilines is 1. The highest BCUT2D eigenvalue weighted by Gasteiger charge is 2.12. The van der Waals surface area contributed by atoms with Crippen molar-refractivity contribution in [2.24, 2.45) is 0 Å². The van der Waals surface area contributed by atoms with Gasteiger partial charge in [-0.15, -0.1) is 22.9 Å². The quantitative estimate of drug-likeness (QED) is 0.619. The molecule has 0 spiro atoms. The molecule has 2 aromatic rings. The first kappa shape index (κ1) is 12.1. The third-order valence-electron chi connectivity index (χ3n) is 2.20. The van der Waals surface area contributed by atoms with Gasteiger partial charge in [0, 0.05) is 12.4 Å². The summed E-state index contributed by atoms with van der Waals surface area (Å²) in [5, 5.41) is 2.49. The molecule has 0 aliphatic rings. The van der Waals surface area contributed by atoms with Crippen molar-refractivity contribution in [1.29, 1.82) is 0 Å². The van der Waals surface area contributed by atoms with Crippen LogP contribution in [0.5, 0.6) is 0 Å². The molecule has 90 valence electrons. The van der Waals surface area contributed by atoms with Crippen LogP contribution in [0.1, 0.15) is 16.2 Å². The Morgan fingerprint density at radius 1 is 1.65 bits per heavy atom. The fraction of sp³-hybridized carbons (Fsp3) is 0.273. The molecule has 0 aliphatic heterocycles. The lowest BCUT2D eigenvalue weighted by Crippen LogP contribution is -2.16. The molecule has 4 nitrogen and oxygen atoms in total. The summed E-state index contributed by atoms with van der Waals surface area (Å²) in [6.07, 6.45) is 1.63. The summed E-state index contributed by atoms with van der Waals surface area (Å²) in [6.45, 7) is 0.620. The lowest BCUT2D eigenvalue weighted by Gasteiger charge is -2.13. The summed E-state index contributed by atoms with van der Waals surface area (Å²) >= 11 is 6.89. The van der Waals surface area contributed by atoms with E-state index in [-0.39, 0.29) is 11.7 Å². The number of carbonyl (C=O) groups excluding carboxylic acids is 1.